The lowest BCUT2D eigenvalue weighted by molar-refractivity contribution is 0.209. The van der Waals surface area contributed by atoms with Gasteiger partial charge < -0.3 is 15.3 Å². The van der Waals surface area contributed by atoms with Gasteiger partial charge in [-0.05, 0) is 49.4 Å². The van der Waals surface area contributed by atoms with Crippen molar-refractivity contribution in [1.82, 2.24) is 5.32 Å². The zero-order valence-electron chi connectivity index (χ0n) is 12.8. The Morgan fingerprint density at radius 3 is 2.65 bits per heavy atom. The molecule has 20 heavy (non-hydrogen) atoms. The molecule has 2 unspecified atom stereocenters. The minimum atomic E-state index is 0.312. The molecule has 0 radical (unpaired) electrons. The molecular weight excluding hydrogens is 248 g/mol. The van der Waals surface area contributed by atoms with E-state index in [1.807, 2.05) is 0 Å². The Labute approximate surface area is 123 Å². The first-order chi connectivity index (χ1) is 9.78. The highest BCUT2D eigenvalue weighted by atomic mass is 16.3. The van der Waals surface area contributed by atoms with Crippen LogP contribution in [0.3, 0.4) is 0 Å². The first-order valence-electron chi connectivity index (χ1n) is 7.97. The highest BCUT2D eigenvalue weighted by Gasteiger charge is 2.19. The van der Waals surface area contributed by atoms with E-state index in [1.54, 1.807) is 0 Å². The van der Waals surface area contributed by atoms with Gasteiger partial charge in [-0.2, -0.15) is 0 Å². The van der Waals surface area contributed by atoms with Gasteiger partial charge in [0.2, 0.25) is 0 Å². The van der Waals surface area contributed by atoms with E-state index in [0.717, 1.165) is 32.5 Å². The number of nitrogens with zero attached hydrogens (tertiary/aromatic N) is 1. The molecule has 2 atom stereocenters. The number of aliphatic hydroxyl groups is 1. The Kier molecular flexibility index (Phi) is 5.86. The van der Waals surface area contributed by atoms with Crippen molar-refractivity contribution in [3.63, 3.8) is 0 Å². The van der Waals surface area contributed by atoms with Gasteiger partial charge in [0.25, 0.3) is 0 Å². The van der Waals surface area contributed by atoms with Crippen LogP contribution in [0.2, 0.25) is 0 Å². The lowest BCUT2D eigenvalue weighted by Gasteiger charge is -2.33. The molecule has 1 aromatic rings. The summed E-state index contributed by atoms with van der Waals surface area (Å²) in [7, 11) is 0. The standard InChI is InChI=1S/C17H28N2O/c1-3-17(18-4-2)15-7-9-16(10-8-15)19-11-5-6-14(12-19)13-20/h7-10,14,17-18,20H,3-6,11-13H2,1-2H3. The molecule has 0 saturated carbocycles. The van der Waals surface area contributed by atoms with E-state index >= 15 is 0 Å². The van der Waals surface area contributed by atoms with Gasteiger partial charge in [-0.1, -0.05) is 26.0 Å². The van der Waals surface area contributed by atoms with Crippen LogP contribution >= 0.6 is 0 Å². The molecule has 1 aromatic carbocycles. The minimum Gasteiger partial charge on any atom is -0.396 e. The molecular formula is C17H28N2O. The van der Waals surface area contributed by atoms with Gasteiger partial charge in [-0.25, -0.2) is 0 Å². The molecule has 112 valence electrons. The maximum Gasteiger partial charge on any atom is 0.0476 e. The van der Waals surface area contributed by atoms with Crippen molar-refractivity contribution in [2.24, 2.45) is 5.92 Å². The van der Waals surface area contributed by atoms with Crippen LogP contribution in [0.4, 0.5) is 5.69 Å². The summed E-state index contributed by atoms with van der Waals surface area (Å²) >= 11 is 0. The summed E-state index contributed by atoms with van der Waals surface area (Å²) in [5.41, 5.74) is 2.66. The molecule has 1 saturated heterocycles. The largest absolute Gasteiger partial charge is 0.396 e. The molecule has 1 aliphatic heterocycles. The molecule has 1 fully saturated rings. The zero-order valence-corrected chi connectivity index (χ0v) is 12.8. The molecule has 0 amide bonds. The number of piperidine rings is 1. The SMILES string of the molecule is CCNC(CC)c1ccc(N2CCCC(CO)C2)cc1. The number of anilines is 1. The average molecular weight is 276 g/mol. The van der Waals surface area contributed by atoms with Crippen molar-refractivity contribution in [3.05, 3.63) is 29.8 Å². The quantitative estimate of drug-likeness (QED) is 0.838. The van der Waals surface area contributed by atoms with Crippen LogP contribution in [-0.4, -0.2) is 31.3 Å². The molecule has 1 heterocycles. The van der Waals surface area contributed by atoms with Gasteiger partial charge in [0.15, 0.2) is 0 Å². The van der Waals surface area contributed by atoms with E-state index in [1.165, 1.54) is 17.7 Å². The average Bonchev–Trinajstić information content (AvgIpc) is 2.53. The summed E-state index contributed by atoms with van der Waals surface area (Å²) < 4.78 is 0. The summed E-state index contributed by atoms with van der Waals surface area (Å²) in [6, 6.07) is 9.41. The van der Waals surface area contributed by atoms with Crippen molar-refractivity contribution < 1.29 is 5.11 Å². The van der Waals surface area contributed by atoms with Crippen molar-refractivity contribution >= 4 is 5.69 Å². The second-order valence-electron chi connectivity index (χ2n) is 5.75. The fourth-order valence-electron chi connectivity index (χ4n) is 3.11. The third-order valence-electron chi connectivity index (χ3n) is 4.30. The van der Waals surface area contributed by atoms with Crippen molar-refractivity contribution in [3.8, 4) is 0 Å². The summed E-state index contributed by atoms with van der Waals surface area (Å²) in [4.78, 5) is 2.41. The summed E-state index contributed by atoms with van der Waals surface area (Å²) in [5.74, 6) is 0.438. The molecule has 0 spiro atoms. The molecule has 0 aromatic heterocycles. The van der Waals surface area contributed by atoms with E-state index in [0.29, 0.717) is 18.6 Å². The summed E-state index contributed by atoms with van der Waals surface area (Å²) in [6.45, 7) is 7.79. The lowest BCUT2D eigenvalue weighted by atomic mass is 9.98. The van der Waals surface area contributed by atoms with E-state index < -0.39 is 0 Å². The van der Waals surface area contributed by atoms with Gasteiger partial charge >= 0.3 is 0 Å². The maximum absolute atomic E-state index is 9.33. The number of nitrogens with one attached hydrogen (secondary N) is 1. The van der Waals surface area contributed by atoms with Crippen LogP contribution in [0.25, 0.3) is 0 Å². The molecule has 2 N–H and O–H groups in total. The van der Waals surface area contributed by atoms with Crippen LogP contribution < -0.4 is 10.2 Å². The number of benzene rings is 1. The smallest absolute Gasteiger partial charge is 0.0476 e. The molecule has 0 aliphatic carbocycles. The van der Waals surface area contributed by atoms with E-state index in [9.17, 15) is 5.11 Å². The first kappa shape index (κ1) is 15.3. The Hall–Kier alpha value is -1.06. The Morgan fingerprint density at radius 1 is 1.30 bits per heavy atom. The predicted octanol–water partition coefficient (Wildman–Crippen LogP) is 2.96. The molecule has 3 nitrogen and oxygen atoms in total. The van der Waals surface area contributed by atoms with Gasteiger partial charge in [0.05, 0.1) is 0 Å². The van der Waals surface area contributed by atoms with Gasteiger partial charge in [0, 0.05) is 31.4 Å². The molecule has 0 bridgehead atoms. The van der Waals surface area contributed by atoms with Crippen LogP contribution in [0, 0.1) is 5.92 Å². The highest BCUT2D eigenvalue weighted by molar-refractivity contribution is 5.48. The topological polar surface area (TPSA) is 35.5 Å². The molecule has 2 rings (SSSR count). The summed E-state index contributed by atoms with van der Waals surface area (Å²) in [5, 5.41) is 12.8. The molecule has 3 heteroatoms. The third kappa shape index (κ3) is 3.74. The Bertz CT molecular complexity index is 390. The van der Waals surface area contributed by atoms with E-state index in [2.05, 4.69) is 48.3 Å². The van der Waals surface area contributed by atoms with Crippen LogP contribution in [0.5, 0.6) is 0 Å². The monoisotopic (exact) mass is 276 g/mol. The van der Waals surface area contributed by atoms with Gasteiger partial charge in [-0.15, -0.1) is 0 Å². The van der Waals surface area contributed by atoms with Crippen LogP contribution in [0.1, 0.15) is 44.7 Å². The summed E-state index contributed by atoms with van der Waals surface area (Å²) in [6.07, 6.45) is 3.45. The maximum atomic E-state index is 9.33. The zero-order chi connectivity index (χ0) is 14.4. The predicted molar refractivity (Wildman–Crippen MR) is 85.2 cm³/mol. The van der Waals surface area contributed by atoms with Crippen LogP contribution in [0.15, 0.2) is 24.3 Å². The highest BCUT2D eigenvalue weighted by Crippen LogP contribution is 2.25. The number of hydrogen-bond donors (Lipinski definition) is 2. The van der Waals surface area contributed by atoms with Crippen molar-refractivity contribution in [2.75, 3.05) is 31.1 Å². The Morgan fingerprint density at radius 2 is 2.05 bits per heavy atom. The fourth-order valence-corrected chi connectivity index (χ4v) is 3.11. The second kappa shape index (κ2) is 7.65. The minimum absolute atomic E-state index is 0.312. The lowest BCUT2D eigenvalue weighted by Crippen LogP contribution is -2.36. The van der Waals surface area contributed by atoms with E-state index in [4.69, 9.17) is 0 Å². The first-order valence-corrected chi connectivity index (χ1v) is 7.97. The number of hydrogen-bond acceptors (Lipinski definition) is 3. The van der Waals surface area contributed by atoms with Gasteiger partial charge in [-0.3, -0.25) is 0 Å². The van der Waals surface area contributed by atoms with E-state index in [-0.39, 0.29) is 0 Å². The number of rotatable bonds is 6. The molecule has 1 aliphatic rings. The number of aliphatic hydroxyl groups excluding tert-OH is 1. The Balaban J connectivity index is 2.03. The third-order valence-corrected chi connectivity index (χ3v) is 4.30. The van der Waals surface area contributed by atoms with Crippen molar-refractivity contribution in [2.45, 2.75) is 39.2 Å². The van der Waals surface area contributed by atoms with Crippen molar-refractivity contribution in [1.29, 1.82) is 0 Å². The normalized spacial score (nSPS) is 20.9. The fraction of sp³-hybridized carbons (Fsp3) is 0.647. The second-order valence-corrected chi connectivity index (χ2v) is 5.75. The van der Waals surface area contributed by atoms with Gasteiger partial charge in [0.1, 0.15) is 0 Å². The van der Waals surface area contributed by atoms with Crippen LogP contribution in [-0.2, 0) is 0 Å².